The quantitative estimate of drug-likeness (QED) is 0.444. The fourth-order valence-electron chi connectivity index (χ4n) is 0.527. The lowest BCUT2D eigenvalue weighted by Gasteiger charge is -1.92. The van der Waals surface area contributed by atoms with Gasteiger partial charge in [-0.2, -0.15) is 0 Å². The Morgan fingerprint density at radius 3 is 2.89 bits per heavy atom. The zero-order valence-corrected chi connectivity index (χ0v) is 5.72. The highest BCUT2D eigenvalue weighted by molar-refractivity contribution is 5.01. The fraction of sp³-hybridized carbons (Fsp3) is 0.500. The second kappa shape index (κ2) is 5.40. The van der Waals surface area contributed by atoms with Gasteiger partial charge >= 0.3 is 0 Å². The Morgan fingerprint density at radius 2 is 2.44 bits per heavy atom. The van der Waals surface area contributed by atoms with Crippen molar-refractivity contribution in [1.82, 2.24) is 0 Å². The summed E-state index contributed by atoms with van der Waals surface area (Å²) in [5.41, 5.74) is 1.16. The minimum Gasteiger partial charge on any atom is -0.392 e. The monoisotopic (exact) mass is 124 g/mol. The molecule has 1 heteroatoms. The fourth-order valence-corrected chi connectivity index (χ4v) is 0.527. The maximum Gasteiger partial charge on any atom is 0.0614 e. The number of hydrogen-bond acceptors (Lipinski definition) is 1. The van der Waals surface area contributed by atoms with Crippen molar-refractivity contribution in [3.05, 3.63) is 11.6 Å². The number of terminal acetylenes is 1. The Bertz CT molecular complexity index is 128. The van der Waals surface area contributed by atoms with Crippen molar-refractivity contribution in [3.63, 3.8) is 0 Å². The standard InChI is InChI=1S/C8H12O/c1-3-4-5-8(2)6-7-9/h1,6,9H,4-5,7H2,2H3. The molecule has 1 nitrogen and oxygen atoms in total. The summed E-state index contributed by atoms with van der Waals surface area (Å²) in [7, 11) is 0. The predicted octanol–water partition coefficient (Wildman–Crippen LogP) is 1.34. The van der Waals surface area contributed by atoms with Crippen molar-refractivity contribution < 1.29 is 5.11 Å². The van der Waals surface area contributed by atoms with Crippen LogP contribution in [0.4, 0.5) is 0 Å². The van der Waals surface area contributed by atoms with E-state index in [0.29, 0.717) is 0 Å². The summed E-state index contributed by atoms with van der Waals surface area (Å²) in [6, 6.07) is 0. The smallest absolute Gasteiger partial charge is 0.0614 e. The molecule has 50 valence electrons. The van der Waals surface area contributed by atoms with Crippen molar-refractivity contribution >= 4 is 0 Å². The van der Waals surface area contributed by atoms with Crippen molar-refractivity contribution in [2.24, 2.45) is 0 Å². The van der Waals surface area contributed by atoms with Crippen LogP contribution in [0.1, 0.15) is 19.8 Å². The van der Waals surface area contributed by atoms with Crippen LogP contribution in [0.15, 0.2) is 11.6 Å². The Morgan fingerprint density at radius 1 is 1.78 bits per heavy atom. The number of allylic oxidation sites excluding steroid dienone is 1. The molecule has 0 spiro atoms. The van der Waals surface area contributed by atoms with Crippen molar-refractivity contribution in [2.45, 2.75) is 19.8 Å². The van der Waals surface area contributed by atoms with Crippen LogP contribution >= 0.6 is 0 Å². The lowest BCUT2D eigenvalue weighted by atomic mass is 10.1. The lowest BCUT2D eigenvalue weighted by molar-refractivity contribution is 0.341. The van der Waals surface area contributed by atoms with Gasteiger partial charge in [-0.25, -0.2) is 0 Å². The third-order valence-corrected chi connectivity index (χ3v) is 1.10. The first-order valence-corrected chi connectivity index (χ1v) is 3.01. The molecule has 0 atom stereocenters. The number of hydrogen-bond donors (Lipinski definition) is 1. The van der Waals surface area contributed by atoms with Crippen LogP contribution in [0.5, 0.6) is 0 Å². The average Bonchev–Trinajstić information content (AvgIpc) is 1.85. The van der Waals surface area contributed by atoms with Gasteiger partial charge in [0.05, 0.1) is 6.61 Å². The lowest BCUT2D eigenvalue weighted by Crippen LogP contribution is -1.79. The van der Waals surface area contributed by atoms with E-state index < -0.39 is 0 Å². The second-order valence-corrected chi connectivity index (χ2v) is 1.94. The van der Waals surface area contributed by atoms with E-state index >= 15 is 0 Å². The van der Waals surface area contributed by atoms with Gasteiger partial charge in [-0.1, -0.05) is 11.6 Å². The van der Waals surface area contributed by atoms with Gasteiger partial charge in [0.15, 0.2) is 0 Å². The van der Waals surface area contributed by atoms with Crippen molar-refractivity contribution in [2.75, 3.05) is 6.61 Å². The molecule has 0 amide bonds. The summed E-state index contributed by atoms with van der Waals surface area (Å²) >= 11 is 0. The molecular weight excluding hydrogens is 112 g/mol. The van der Waals surface area contributed by atoms with Crippen molar-refractivity contribution in [3.8, 4) is 12.3 Å². The molecule has 0 aliphatic carbocycles. The van der Waals surface area contributed by atoms with Gasteiger partial charge in [-0.15, -0.1) is 12.3 Å². The molecule has 0 aromatic rings. The molecule has 9 heavy (non-hydrogen) atoms. The molecule has 0 saturated carbocycles. The molecule has 0 heterocycles. The van der Waals surface area contributed by atoms with E-state index in [1.165, 1.54) is 0 Å². The Kier molecular flexibility index (Phi) is 4.95. The summed E-state index contributed by atoms with van der Waals surface area (Å²) in [5, 5.41) is 8.41. The molecule has 0 radical (unpaired) electrons. The topological polar surface area (TPSA) is 20.2 Å². The molecule has 0 rings (SSSR count). The van der Waals surface area contributed by atoms with E-state index in [4.69, 9.17) is 11.5 Å². The van der Waals surface area contributed by atoms with Crippen molar-refractivity contribution in [1.29, 1.82) is 0 Å². The van der Waals surface area contributed by atoms with Gasteiger partial charge in [0.2, 0.25) is 0 Å². The molecule has 0 fully saturated rings. The SMILES string of the molecule is C#CCCC(C)=CCO. The molecule has 0 aliphatic heterocycles. The van der Waals surface area contributed by atoms with Crippen LogP contribution in [-0.2, 0) is 0 Å². The van der Waals surface area contributed by atoms with Crippen LogP contribution in [0.3, 0.4) is 0 Å². The Labute approximate surface area is 56.4 Å². The molecular formula is C8H12O. The van der Waals surface area contributed by atoms with Gasteiger partial charge in [0.1, 0.15) is 0 Å². The summed E-state index contributed by atoms with van der Waals surface area (Å²) in [4.78, 5) is 0. The predicted molar refractivity (Wildman–Crippen MR) is 38.9 cm³/mol. The minimum absolute atomic E-state index is 0.121. The molecule has 0 aliphatic rings. The van der Waals surface area contributed by atoms with Crippen LogP contribution < -0.4 is 0 Å². The van der Waals surface area contributed by atoms with Gasteiger partial charge in [0.25, 0.3) is 0 Å². The Balaban J connectivity index is 3.40. The first kappa shape index (κ1) is 8.26. The van der Waals surface area contributed by atoms with Gasteiger partial charge in [-0.3, -0.25) is 0 Å². The summed E-state index contributed by atoms with van der Waals surface area (Å²) in [6.07, 6.45) is 8.47. The highest BCUT2D eigenvalue weighted by Crippen LogP contribution is 2.00. The average molecular weight is 124 g/mol. The first-order valence-electron chi connectivity index (χ1n) is 3.01. The molecule has 0 aromatic heterocycles. The largest absolute Gasteiger partial charge is 0.392 e. The van der Waals surface area contributed by atoms with E-state index in [0.717, 1.165) is 18.4 Å². The second-order valence-electron chi connectivity index (χ2n) is 1.94. The Hall–Kier alpha value is -0.740. The summed E-state index contributed by atoms with van der Waals surface area (Å²) in [6.45, 7) is 2.09. The van der Waals surface area contributed by atoms with Crippen LogP contribution in [0, 0.1) is 12.3 Å². The van der Waals surface area contributed by atoms with E-state index in [9.17, 15) is 0 Å². The maximum absolute atomic E-state index is 8.41. The van der Waals surface area contributed by atoms with E-state index in [1.54, 1.807) is 6.08 Å². The maximum atomic E-state index is 8.41. The third-order valence-electron chi connectivity index (χ3n) is 1.10. The third kappa shape index (κ3) is 5.13. The summed E-state index contributed by atoms with van der Waals surface area (Å²) in [5.74, 6) is 2.53. The molecule has 0 aromatic carbocycles. The van der Waals surface area contributed by atoms with Gasteiger partial charge in [-0.05, 0) is 13.3 Å². The van der Waals surface area contributed by atoms with Crippen LogP contribution in [-0.4, -0.2) is 11.7 Å². The molecule has 0 bridgehead atoms. The van der Waals surface area contributed by atoms with E-state index in [2.05, 4.69) is 5.92 Å². The normalized spacial score (nSPS) is 11.0. The molecule has 0 saturated heterocycles. The van der Waals surface area contributed by atoms with E-state index in [-0.39, 0.29) is 6.61 Å². The highest BCUT2D eigenvalue weighted by atomic mass is 16.2. The van der Waals surface area contributed by atoms with E-state index in [1.807, 2.05) is 6.92 Å². The van der Waals surface area contributed by atoms with Crippen LogP contribution in [0.25, 0.3) is 0 Å². The first-order chi connectivity index (χ1) is 4.31. The molecule has 1 N–H and O–H groups in total. The zero-order chi connectivity index (χ0) is 7.11. The molecule has 0 unspecified atom stereocenters. The number of aliphatic hydroxyl groups is 1. The van der Waals surface area contributed by atoms with Crippen LogP contribution in [0.2, 0.25) is 0 Å². The minimum atomic E-state index is 0.121. The summed E-state index contributed by atoms with van der Waals surface area (Å²) < 4.78 is 0. The van der Waals surface area contributed by atoms with Gasteiger partial charge < -0.3 is 5.11 Å². The highest BCUT2D eigenvalue weighted by Gasteiger charge is 1.84. The van der Waals surface area contributed by atoms with Gasteiger partial charge in [0, 0.05) is 6.42 Å². The number of aliphatic hydroxyl groups excluding tert-OH is 1. The zero-order valence-electron chi connectivity index (χ0n) is 5.72. The number of rotatable bonds is 3.